The SMILES string of the molecule is CN1CCN(c2ccc(B(O)O)cc2OC(F)(F)F)CC1. The molecular weight excluding hydrogens is 288 g/mol. The smallest absolute Gasteiger partial charge is 0.423 e. The van der Waals surface area contributed by atoms with Crippen molar-refractivity contribution in [1.29, 1.82) is 0 Å². The Morgan fingerprint density at radius 1 is 1.14 bits per heavy atom. The van der Waals surface area contributed by atoms with E-state index in [9.17, 15) is 13.2 Å². The van der Waals surface area contributed by atoms with Gasteiger partial charge in [0.2, 0.25) is 0 Å². The molecule has 2 N–H and O–H groups in total. The second-order valence-corrected chi connectivity index (χ2v) is 4.94. The molecule has 1 heterocycles. The zero-order valence-electron chi connectivity index (χ0n) is 11.5. The van der Waals surface area contributed by atoms with Gasteiger partial charge in [-0.2, -0.15) is 0 Å². The molecule has 0 spiro atoms. The molecule has 1 saturated heterocycles. The molecule has 21 heavy (non-hydrogen) atoms. The maximum absolute atomic E-state index is 12.5. The average Bonchev–Trinajstić information content (AvgIpc) is 2.38. The van der Waals surface area contributed by atoms with Crippen molar-refractivity contribution in [2.45, 2.75) is 6.36 Å². The molecule has 0 amide bonds. The molecule has 5 nitrogen and oxygen atoms in total. The largest absolute Gasteiger partial charge is 0.573 e. The quantitative estimate of drug-likeness (QED) is 0.771. The summed E-state index contributed by atoms with van der Waals surface area (Å²) in [6.45, 7) is 2.61. The van der Waals surface area contributed by atoms with E-state index in [1.807, 2.05) is 7.05 Å². The fourth-order valence-corrected chi connectivity index (χ4v) is 2.21. The molecule has 1 aromatic rings. The van der Waals surface area contributed by atoms with Gasteiger partial charge in [-0.3, -0.25) is 0 Å². The molecule has 0 unspecified atom stereocenters. The first-order chi connectivity index (χ1) is 9.76. The molecular formula is C12H16BF3N2O3. The van der Waals surface area contributed by atoms with Crippen molar-refractivity contribution in [3.63, 3.8) is 0 Å². The molecule has 116 valence electrons. The second kappa shape index (κ2) is 6.12. The third-order valence-corrected chi connectivity index (χ3v) is 3.35. The van der Waals surface area contributed by atoms with Crippen molar-refractivity contribution in [3.05, 3.63) is 18.2 Å². The first-order valence-electron chi connectivity index (χ1n) is 6.45. The lowest BCUT2D eigenvalue weighted by atomic mass is 9.80. The number of ether oxygens (including phenoxy) is 1. The van der Waals surface area contributed by atoms with Gasteiger partial charge in [-0.1, -0.05) is 6.07 Å². The lowest BCUT2D eigenvalue weighted by Gasteiger charge is -2.35. The Hall–Kier alpha value is -1.45. The highest BCUT2D eigenvalue weighted by Crippen LogP contribution is 2.32. The number of hydrogen-bond donors (Lipinski definition) is 2. The van der Waals surface area contributed by atoms with Crippen LogP contribution in [0.25, 0.3) is 0 Å². The van der Waals surface area contributed by atoms with Crippen LogP contribution in [0, 0.1) is 0 Å². The second-order valence-electron chi connectivity index (χ2n) is 4.94. The van der Waals surface area contributed by atoms with Crippen molar-refractivity contribution in [3.8, 4) is 5.75 Å². The Balaban J connectivity index is 2.30. The minimum atomic E-state index is -4.83. The van der Waals surface area contributed by atoms with Crippen LogP contribution >= 0.6 is 0 Å². The van der Waals surface area contributed by atoms with Crippen LogP contribution in [0.15, 0.2) is 18.2 Å². The third-order valence-electron chi connectivity index (χ3n) is 3.35. The minimum absolute atomic E-state index is 0.0490. The van der Waals surface area contributed by atoms with Crippen LogP contribution in [-0.4, -0.2) is 61.7 Å². The summed E-state index contributed by atoms with van der Waals surface area (Å²) in [6.07, 6.45) is -4.83. The van der Waals surface area contributed by atoms with Gasteiger partial charge in [0.15, 0.2) is 5.75 Å². The van der Waals surface area contributed by atoms with Crippen molar-refractivity contribution in [1.82, 2.24) is 4.90 Å². The van der Waals surface area contributed by atoms with Gasteiger partial charge in [0, 0.05) is 26.2 Å². The number of alkyl halides is 3. The van der Waals surface area contributed by atoms with Gasteiger partial charge in [0.25, 0.3) is 0 Å². The van der Waals surface area contributed by atoms with Crippen LogP contribution in [0.3, 0.4) is 0 Å². The van der Waals surface area contributed by atoms with Gasteiger partial charge >= 0.3 is 13.5 Å². The number of halogens is 3. The highest BCUT2D eigenvalue weighted by molar-refractivity contribution is 6.58. The highest BCUT2D eigenvalue weighted by Gasteiger charge is 2.33. The molecule has 2 rings (SSSR count). The number of nitrogens with zero attached hydrogens (tertiary/aromatic N) is 2. The van der Waals surface area contributed by atoms with E-state index in [0.29, 0.717) is 18.8 Å². The van der Waals surface area contributed by atoms with E-state index in [2.05, 4.69) is 9.64 Å². The Labute approximate surface area is 120 Å². The molecule has 1 fully saturated rings. The van der Waals surface area contributed by atoms with E-state index in [4.69, 9.17) is 10.0 Å². The Bertz CT molecular complexity index is 491. The van der Waals surface area contributed by atoms with Crippen LogP contribution < -0.4 is 15.1 Å². The van der Waals surface area contributed by atoms with Gasteiger partial charge in [0.1, 0.15) is 0 Å². The van der Waals surface area contributed by atoms with Crippen LogP contribution in [0.5, 0.6) is 5.75 Å². The maximum atomic E-state index is 12.5. The van der Waals surface area contributed by atoms with E-state index in [0.717, 1.165) is 19.2 Å². The highest BCUT2D eigenvalue weighted by atomic mass is 19.4. The van der Waals surface area contributed by atoms with Crippen molar-refractivity contribution in [2.24, 2.45) is 0 Å². The van der Waals surface area contributed by atoms with E-state index in [-0.39, 0.29) is 5.46 Å². The molecule has 0 atom stereocenters. The zero-order chi connectivity index (χ0) is 15.6. The molecule has 1 aliphatic heterocycles. The molecule has 9 heteroatoms. The summed E-state index contributed by atoms with van der Waals surface area (Å²) < 4.78 is 41.6. The summed E-state index contributed by atoms with van der Waals surface area (Å²) in [5.41, 5.74) is 0.247. The Morgan fingerprint density at radius 3 is 2.29 bits per heavy atom. The average molecular weight is 304 g/mol. The summed E-state index contributed by atoms with van der Waals surface area (Å²) in [5, 5.41) is 18.2. The van der Waals surface area contributed by atoms with Gasteiger partial charge in [-0.25, -0.2) is 0 Å². The first kappa shape index (κ1) is 15.9. The van der Waals surface area contributed by atoms with E-state index in [1.165, 1.54) is 12.1 Å². The molecule has 0 radical (unpaired) electrons. The summed E-state index contributed by atoms with van der Waals surface area (Å²) in [6, 6.07) is 3.80. The van der Waals surface area contributed by atoms with Crippen LogP contribution in [0.4, 0.5) is 18.9 Å². The number of likely N-dealkylation sites (N-methyl/N-ethyl adjacent to an activating group) is 1. The van der Waals surface area contributed by atoms with Gasteiger partial charge < -0.3 is 24.6 Å². The fraction of sp³-hybridized carbons (Fsp3) is 0.500. The fourth-order valence-electron chi connectivity index (χ4n) is 2.21. The molecule has 1 aromatic carbocycles. The number of rotatable bonds is 3. The van der Waals surface area contributed by atoms with Crippen LogP contribution in [-0.2, 0) is 0 Å². The first-order valence-corrected chi connectivity index (χ1v) is 6.45. The van der Waals surface area contributed by atoms with E-state index >= 15 is 0 Å². The van der Waals surface area contributed by atoms with Gasteiger partial charge in [-0.15, -0.1) is 13.2 Å². The maximum Gasteiger partial charge on any atom is 0.573 e. The van der Waals surface area contributed by atoms with Gasteiger partial charge in [0.05, 0.1) is 5.69 Å². The van der Waals surface area contributed by atoms with Crippen molar-refractivity contribution < 1.29 is 28.0 Å². The zero-order valence-corrected chi connectivity index (χ0v) is 11.5. The third kappa shape index (κ3) is 4.26. The molecule has 0 aromatic heterocycles. The van der Waals surface area contributed by atoms with Crippen LogP contribution in [0.1, 0.15) is 0 Å². The Morgan fingerprint density at radius 2 is 1.76 bits per heavy atom. The monoisotopic (exact) mass is 304 g/mol. The van der Waals surface area contributed by atoms with Crippen LogP contribution in [0.2, 0.25) is 0 Å². The summed E-state index contributed by atoms with van der Waals surface area (Å²) in [4.78, 5) is 3.86. The normalized spacial score (nSPS) is 17.0. The lowest BCUT2D eigenvalue weighted by molar-refractivity contribution is -0.274. The lowest BCUT2D eigenvalue weighted by Crippen LogP contribution is -2.45. The number of piperazine rings is 1. The van der Waals surface area contributed by atoms with Crippen molar-refractivity contribution >= 4 is 18.3 Å². The topological polar surface area (TPSA) is 56.2 Å². The molecule has 0 saturated carbocycles. The summed E-state index contributed by atoms with van der Waals surface area (Å²) in [5.74, 6) is -0.419. The number of anilines is 1. The molecule has 0 bridgehead atoms. The number of hydrogen-bond acceptors (Lipinski definition) is 5. The van der Waals surface area contributed by atoms with Gasteiger partial charge in [-0.05, 0) is 24.6 Å². The molecule has 1 aliphatic rings. The van der Waals surface area contributed by atoms with E-state index in [1.54, 1.807) is 4.90 Å². The predicted molar refractivity (Wildman–Crippen MR) is 72.7 cm³/mol. The van der Waals surface area contributed by atoms with E-state index < -0.39 is 19.2 Å². The number of benzene rings is 1. The summed E-state index contributed by atoms with van der Waals surface area (Å²) in [7, 11) is 0.0949. The Kier molecular flexibility index (Phi) is 4.65. The standard InChI is InChI=1S/C12H16BF3N2O3/c1-17-4-6-18(7-5-17)10-3-2-9(13(19)20)8-11(10)21-12(14,15)16/h2-3,8,19-20H,4-7H2,1H3. The minimum Gasteiger partial charge on any atom is -0.423 e. The van der Waals surface area contributed by atoms with Crippen molar-refractivity contribution in [2.75, 3.05) is 38.1 Å². The summed E-state index contributed by atoms with van der Waals surface area (Å²) >= 11 is 0. The predicted octanol–water partition coefficient (Wildman–Crippen LogP) is 0.0168. The molecule has 0 aliphatic carbocycles.